The number of aliphatic hydroxyl groups is 1. The zero-order valence-electron chi connectivity index (χ0n) is 9.53. The van der Waals surface area contributed by atoms with Gasteiger partial charge >= 0.3 is 0 Å². The molecule has 0 unspecified atom stereocenters. The summed E-state index contributed by atoms with van der Waals surface area (Å²) >= 11 is 2.44. The van der Waals surface area contributed by atoms with Crippen LogP contribution in [0.5, 0.6) is 0 Å². The Morgan fingerprint density at radius 1 is 1.59 bits per heavy atom. The molecule has 1 heterocycles. The minimum Gasteiger partial charge on any atom is -0.396 e. The number of hydrogen-bond acceptors (Lipinski definition) is 5. The highest BCUT2D eigenvalue weighted by atomic mass is 32.2. The first-order valence-electron chi connectivity index (χ1n) is 4.75. The maximum atomic E-state index is 11.9. The minimum atomic E-state index is -3.63. The Morgan fingerprint density at radius 2 is 2.29 bits per heavy atom. The van der Waals surface area contributed by atoms with Gasteiger partial charge in [0.05, 0.1) is 6.61 Å². The third kappa shape index (κ3) is 4.30. The van der Waals surface area contributed by atoms with Gasteiger partial charge in [0.1, 0.15) is 6.34 Å². The zero-order chi connectivity index (χ0) is 12.9. The second-order valence-corrected chi connectivity index (χ2v) is 7.18. The molecule has 0 saturated heterocycles. The molecular formula is C9H14N2O3S3. The van der Waals surface area contributed by atoms with Crippen molar-refractivity contribution in [2.45, 2.75) is 9.10 Å². The van der Waals surface area contributed by atoms with Gasteiger partial charge in [-0.15, -0.1) is 27.5 Å². The Kier molecular flexibility index (Phi) is 5.44. The van der Waals surface area contributed by atoms with Gasteiger partial charge in [-0.05, 0) is 11.4 Å². The van der Waals surface area contributed by atoms with Gasteiger partial charge < -0.3 is 10.0 Å². The van der Waals surface area contributed by atoms with Crippen LogP contribution in [-0.4, -0.2) is 51.2 Å². The average Bonchev–Trinajstić information content (AvgIpc) is 2.72. The van der Waals surface area contributed by atoms with Crippen molar-refractivity contribution >= 4 is 39.5 Å². The minimum absolute atomic E-state index is 0.0148. The molecule has 0 aliphatic rings. The largest absolute Gasteiger partial charge is 0.396 e. The molecule has 0 atom stereocenters. The van der Waals surface area contributed by atoms with Crippen molar-refractivity contribution in [3.63, 3.8) is 0 Å². The van der Waals surface area contributed by atoms with E-state index in [2.05, 4.69) is 4.40 Å². The Balaban J connectivity index is 2.95. The molecule has 1 aromatic rings. The number of nitrogens with zero attached hydrogens (tertiary/aromatic N) is 2. The lowest BCUT2D eigenvalue weighted by Gasteiger charge is -2.03. The predicted octanol–water partition coefficient (Wildman–Crippen LogP) is 1.11. The molecule has 0 fully saturated rings. The quantitative estimate of drug-likeness (QED) is 0.483. The number of hydrogen-bond donors (Lipinski definition) is 1. The van der Waals surface area contributed by atoms with Crippen molar-refractivity contribution in [1.82, 2.24) is 4.90 Å². The van der Waals surface area contributed by atoms with Crippen LogP contribution >= 0.6 is 23.1 Å². The number of sulfonamides is 1. The van der Waals surface area contributed by atoms with E-state index in [1.807, 2.05) is 0 Å². The molecule has 0 spiro atoms. The van der Waals surface area contributed by atoms with E-state index in [-0.39, 0.29) is 10.8 Å². The van der Waals surface area contributed by atoms with Crippen molar-refractivity contribution in [1.29, 1.82) is 0 Å². The predicted molar refractivity (Wildman–Crippen MR) is 71.5 cm³/mol. The molecule has 1 aromatic heterocycles. The van der Waals surface area contributed by atoms with Gasteiger partial charge in [0.2, 0.25) is 0 Å². The average molecular weight is 294 g/mol. The SMILES string of the molecule is CN(C)C=NS(=O)(=O)c1sccc1SCCO. The molecular weight excluding hydrogens is 280 g/mol. The first kappa shape index (κ1) is 14.5. The molecule has 0 aliphatic heterocycles. The highest BCUT2D eigenvalue weighted by molar-refractivity contribution is 8.00. The van der Waals surface area contributed by atoms with Gasteiger partial charge in [-0.2, -0.15) is 8.42 Å². The van der Waals surface area contributed by atoms with E-state index in [4.69, 9.17) is 5.11 Å². The smallest absolute Gasteiger partial charge is 0.294 e. The molecule has 8 heteroatoms. The van der Waals surface area contributed by atoms with Crippen molar-refractivity contribution in [3.8, 4) is 0 Å². The van der Waals surface area contributed by atoms with Crippen LogP contribution in [0.1, 0.15) is 0 Å². The lowest BCUT2D eigenvalue weighted by Crippen LogP contribution is -2.10. The maximum Gasteiger partial charge on any atom is 0.294 e. The van der Waals surface area contributed by atoms with E-state index in [9.17, 15) is 8.42 Å². The molecule has 96 valence electrons. The Labute approximate surface area is 109 Å². The fraction of sp³-hybridized carbons (Fsp3) is 0.444. The lowest BCUT2D eigenvalue weighted by molar-refractivity contribution is 0.322. The monoisotopic (exact) mass is 294 g/mol. The second-order valence-electron chi connectivity index (χ2n) is 3.30. The highest BCUT2D eigenvalue weighted by Gasteiger charge is 2.19. The summed E-state index contributed by atoms with van der Waals surface area (Å²) in [7, 11) is -0.223. The Hall–Kier alpha value is -0.570. The summed E-state index contributed by atoms with van der Waals surface area (Å²) in [6.07, 6.45) is 1.26. The normalized spacial score (nSPS) is 12.2. The molecule has 0 radical (unpaired) electrons. The van der Waals surface area contributed by atoms with Crippen LogP contribution in [0.3, 0.4) is 0 Å². The summed E-state index contributed by atoms with van der Waals surface area (Å²) in [5.74, 6) is 0.469. The second kappa shape index (κ2) is 6.39. The van der Waals surface area contributed by atoms with Crippen LogP contribution in [0.15, 0.2) is 24.9 Å². The van der Waals surface area contributed by atoms with E-state index >= 15 is 0 Å². The van der Waals surface area contributed by atoms with Gasteiger partial charge in [0.15, 0.2) is 4.21 Å². The van der Waals surface area contributed by atoms with Gasteiger partial charge in [0, 0.05) is 24.7 Å². The third-order valence-corrected chi connectivity index (χ3v) is 5.58. The summed E-state index contributed by atoms with van der Waals surface area (Å²) in [6.45, 7) is 0.0148. The number of thioether (sulfide) groups is 1. The van der Waals surface area contributed by atoms with Crippen molar-refractivity contribution in [2.75, 3.05) is 26.5 Å². The van der Waals surface area contributed by atoms with Gasteiger partial charge in [-0.3, -0.25) is 0 Å². The van der Waals surface area contributed by atoms with Crippen LogP contribution in [-0.2, 0) is 10.0 Å². The molecule has 17 heavy (non-hydrogen) atoms. The van der Waals surface area contributed by atoms with Crippen LogP contribution in [0, 0.1) is 0 Å². The van der Waals surface area contributed by atoms with Crippen LogP contribution in [0.25, 0.3) is 0 Å². The number of aliphatic hydroxyl groups excluding tert-OH is 1. The molecule has 0 aliphatic carbocycles. The molecule has 1 rings (SSSR count). The fourth-order valence-electron chi connectivity index (χ4n) is 0.939. The van der Waals surface area contributed by atoms with Gasteiger partial charge in [0.25, 0.3) is 10.0 Å². The zero-order valence-corrected chi connectivity index (χ0v) is 12.0. The molecule has 0 saturated carbocycles. The first-order chi connectivity index (χ1) is 7.97. The molecule has 0 aromatic carbocycles. The Morgan fingerprint density at radius 3 is 2.88 bits per heavy atom. The van der Waals surface area contributed by atoms with Crippen LogP contribution in [0.4, 0.5) is 0 Å². The van der Waals surface area contributed by atoms with Gasteiger partial charge in [-0.1, -0.05) is 0 Å². The van der Waals surface area contributed by atoms with E-state index < -0.39 is 10.0 Å². The summed E-state index contributed by atoms with van der Waals surface area (Å²) in [4.78, 5) is 2.20. The van der Waals surface area contributed by atoms with E-state index in [1.165, 1.54) is 18.1 Å². The molecule has 5 nitrogen and oxygen atoms in total. The number of rotatable bonds is 6. The molecule has 0 bridgehead atoms. The van der Waals surface area contributed by atoms with E-state index in [1.54, 1.807) is 30.4 Å². The van der Waals surface area contributed by atoms with E-state index in [0.29, 0.717) is 10.6 Å². The summed E-state index contributed by atoms with van der Waals surface area (Å²) in [6, 6.07) is 1.73. The van der Waals surface area contributed by atoms with Crippen molar-refractivity contribution < 1.29 is 13.5 Å². The lowest BCUT2D eigenvalue weighted by atomic mass is 10.7. The third-order valence-electron chi connectivity index (χ3n) is 1.60. The summed E-state index contributed by atoms with van der Waals surface area (Å²) in [5, 5.41) is 10.4. The molecule has 0 amide bonds. The molecule has 1 N–H and O–H groups in total. The fourth-order valence-corrected chi connectivity index (χ4v) is 4.46. The standard InChI is InChI=1S/C9H14N2O3S3/c1-11(2)7-10-17(13,14)9-8(3-5-16-9)15-6-4-12/h3,5,7,12H,4,6H2,1-2H3. The van der Waals surface area contributed by atoms with Crippen LogP contribution in [0.2, 0.25) is 0 Å². The highest BCUT2D eigenvalue weighted by Crippen LogP contribution is 2.32. The Bertz CT molecular complexity index is 479. The van der Waals surface area contributed by atoms with E-state index in [0.717, 1.165) is 11.3 Å². The summed E-state index contributed by atoms with van der Waals surface area (Å²) in [5.41, 5.74) is 0. The van der Waals surface area contributed by atoms with Crippen LogP contribution < -0.4 is 0 Å². The summed E-state index contributed by atoms with van der Waals surface area (Å²) < 4.78 is 27.6. The first-order valence-corrected chi connectivity index (χ1v) is 8.06. The topological polar surface area (TPSA) is 70.0 Å². The number of thiophene rings is 1. The van der Waals surface area contributed by atoms with Crippen molar-refractivity contribution in [2.24, 2.45) is 4.40 Å². The van der Waals surface area contributed by atoms with Gasteiger partial charge in [-0.25, -0.2) is 0 Å². The van der Waals surface area contributed by atoms with Crippen molar-refractivity contribution in [3.05, 3.63) is 11.4 Å². The maximum absolute atomic E-state index is 11.9.